The van der Waals surface area contributed by atoms with Gasteiger partial charge in [-0.2, -0.15) is 0 Å². The minimum atomic E-state index is -1.64. The van der Waals surface area contributed by atoms with Crippen molar-refractivity contribution in [3.8, 4) is 0 Å². The van der Waals surface area contributed by atoms with E-state index in [1.807, 2.05) is 0 Å². The first-order chi connectivity index (χ1) is 38.3. The molecule has 0 aliphatic carbocycles. The molecule has 13 unspecified atom stereocenters. The number of hydrogen-bond acceptors (Lipinski definition) is 18. The van der Waals surface area contributed by atoms with E-state index in [9.17, 15) is 58.2 Å². The van der Waals surface area contributed by atoms with Crippen molar-refractivity contribution in [1.82, 2.24) is 58.5 Å². The zero-order chi connectivity index (χ0) is 61.4. The van der Waals surface area contributed by atoms with Crippen molar-refractivity contribution in [3.63, 3.8) is 0 Å². The van der Waals surface area contributed by atoms with Gasteiger partial charge in [0.25, 0.3) is 0 Å². The zero-order valence-electron chi connectivity index (χ0n) is 49.2. The van der Waals surface area contributed by atoms with Crippen LogP contribution in [0.25, 0.3) is 0 Å². The Bertz CT molecular complexity index is 1980. The van der Waals surface area contributed by atoms with Crippen LogP contribution in [0.3, 0.4) is 0 Å². The summed E-state index contributed by atoms with van der Waals surface area (Å²) in [6.07, 6.45) is 0.461. The van der Waals surface area contributed by atoms with E-state index in [-0.39, 0.29) is 121 Å². The molecule has 81 heavy (non-hydrogen) atoms. The molecule has 1 heterocycles. The lowest BCUT2D eigenvalue weighted by atomic mass is 9.99. The fraction of sp³-hybridized carbons (Fsp3) is 0.811. The maximum Gasteiger partial charge on any atom is 0.245 e. The molecule has 28 heteroatoms. The summed E-state index contributed by atoms with van der Waals surface area (Å²) in [7, 11) is 0. The van der Waals surface area contributed by atoms with Gasteiger partial charge in [0.1, 0.15) is 48.3 Å². The third-order valence-electron chi connectivity index (χ3n) is 13.8. The number of carbonyl (C=O) groups is 10. The maximum atomic E-state index is 14.4. The van der Waals surface area contributed by atoms with Crippen LogP contribution in [0.15, 0.2) is 0 Å². The first-order valence-electron chi connectivity index (χ1n) is 28.9. The first-order valence-corrected chi connectivity index (χ1v) is 28.9. The summed E-state index contributed by atoms with van der Waals surface area (Å²) in [6.45, 7) is 13.2. The standard InChI is InChI=1S/C53H102N16O12/c1-9-31(6)12-10-11-13-43(72)61-35(15-21-55)46(74)68-42(32(7)70)28-60-34(14-20-54)45(73)65-39-19-25-59-53(81)44(33(8)71)69-50(78)38(18-24-58)63-47(75)36(16-22-56)64-51(79)40(26-29(2)3)67-52(80)41(27-30(4)5)66-48(76)37(17-23-57)62-49(39)77/h29-42,44,60,70-71H,9-28,54-58H2,1-8H3,(H,59,81)(H,61,72)(H,62,77)(H,63,75)(H,64,79)(H,65,73)(H,66,76)(H,67,80)(H,68,74)(H,69,78). The molecule has 0 bridgehead atoms. The molecule has 1 fully saturated rings. The molecule has 0 radical (unpaired) electrons. The number of unbranched alkanes of at least 4 members (excludes halogenated alkanes) is 1. The molecule has 10 amide bonds. The molecule has 1 rings (SSSR count). The van der Waals surface area contributed by atoms with Gasteiger partial charge in [-0.1, -0.05) is 60.8 Å². The molecule has 1 saturated heterocycles. The molecule has 1 aliphatic rings. The molecular weight excluding hydrogens is 1050 g/mol. The highest BCUT2D eigenvalue weighted by atomic mass is 16.3. The topological polar surface area (TPSA) is 474 Å². The van der Waals surface area contributed by atoms with Crippen molar-refractivity contribution in [2.24, 2.45) is 46.4 Å². The molecule has 23 N–H and O–H groups in total. The molecule has 28 nitrogen and oxygen atoms in total. The summed E-state index contributed by atoms with van der Waals surface area (Å²) in [4.78, 5) is 139. The summed E-state index contributed by atoms with van der Waals surface area (Å²) >= 11 is 0. The molecule has 466 valence electrons. The lowest BCUT2D eigenvalue weighted by Crippen LogP contribution is -2.61. The molecule has 0 spiro atoms. The predicted octanol–water partition coefficient (Wildman–Crippen LogP) is -4.97. The SMILES string of the molecule is CCC(C)CCCCC(=O)NC(CCN)C(=O)NC(CNC(CCN)C(=O)NC1CCNC(=O)C(C(C)O)NC(=O)C(CCN)NC(=O)C(CCN)NC(=O)C(CC(C)C)NC(=O)C(CC(C)C)NC(=O)C(CCN)NC1=O)C(C)O. The second kappa shape index (κ2) is 39.7. The van der Waals surface area contributed by atoms with Crippen molar-refractivity contribution in [1.29, 1.82) is 0 Å². The van der Waals surface area contributed by atoms with Crippen molar-refractivity contribution < 1.29 is 58.2 Å². The summed E-state index contributed by atoms with van der Waals surface area (Å²) < 4.78 is 0. The van der Waals surface area contributed by atoms with Gasteiger partial charge in [0.15, 0.2) is 0 Å². The van der Waals surface area contributed by atoms with E-state index in [1.165, 1.54) is 13.8 Å². The minimum absolute atomic E-state index is 0.0352. The van der Waals surface area contributed by atoms with Gasteiger partial charge in [-0.15, -0.1) is 0 Å². The average molecular weight is 1160 g/mol. The quantitative estimate of drug-likeness (QED) is 0.0300. The number of amides is 10. The minimum Gasteiger partial charge on any atom is -0.391 e. The Morgan fingerprint density at radius 1 is 0.556 bits per heavy atom. The highest BCUT2D eigenvalue weighted by Gasteiger charge is 2.36. The van der Waals surface area contributed by atoms with Gasteiger partial charge in [-0.05, 0) is 122 Å². The smallest absolute Gasteiger partial charge is 0.245 e. The van der Waals surface area contributed by atoms with Crippen LogP contribution < -0.4 is 87.2 Å². The van der Waals surface area contributed by atoms with E-state index in [4.69, 9.17) is 28.7 Å². The van der Waals surface area contributed by atoms with Gasteiger partial charge in [-0.3, -0.25) is 47.9 Å². The Kier molecular flexibility index (Phi) is 36.0. The van der Waals surface area contributed by atoms with Crippen molar-refractivity contribution in [2.75, 3.05) is 45.8 Å². The molecule has 0 aromatic rings. The van der Waals surface area contributed by atoms with Gasteiger partial charge >= 0.3 is 0 Å². The molecule has 13 atom stereocenters. The van der Waals surface area contributed by atoms with E-state index in [1.54, 1.807) is 27.7 Å². The Hall–Kier alpha value is -5.62. The zero-order valence-corrected chi connectivity index (χ0v) is 49.2. The van der Waals surface area contributed by atoms with Crippen LogP contribution >= 0.6 is 0 Å². The van der Waals surface area contributed by atoms with Crippen LogP contribution in [0, 0.1) is 17.8 Å². The van der Waals surface area contributed by atoms with Gasteiger partial charge in [0.2, 0.25) is 59.1 Å². The largest absolute Gasteiger partial charge is 0.391 e. The lowest BCUT2D eigenvalue weighted by Gasteiger charge is -2.29. The Labute approximate surface area is 478 Å². The molecule has 0 saturated carbocycles. The third-order valence-corrected chi connectivity index (χ3v) is 13.8. The van der Waals surface area contributed by atoms with Crippen LogP contribution in [0.4, 0.5) is 0 Å². The van der Waals surface area contributed by atoms with Crippen molar-refractivity contribution >= 4 is 59.1 Å². The highest BCUT2D eigenvalue weighted by Crippen LogP contribution is 2.14. The Morgan fingerprint density at radius 2 is 1.01 bits per heavy atom. The number of nitrogens with two attached hydrogens (primary N) is 5. The normalized spacial score (nSPS) is 23.7. The van der Waals surface area contributed by atoms with E-state index in [0.717, 1.165) is 19.3 Å². The predicted molar refractivity (Wildman–Crippen MR) is 305 cm³/mol. The summed E-state index contributed by atoms with van der Waals surface area (Å²) in [5, 5.41) is 50.9. The number of nitrogens with one attached hydrogen (secondary N) is 11. The second-order valence-electron chi connectivity index (χ2n) is 22.0. The second-order valence-corrected chi connectivity index (χ2v) is 22.0. The molecular formula is C53H102N16O12. The number of rotatable bonds is 30. The maximum absolute atomic E-state index is 14.4. The molecule has 0 aromatic heterocycles. The van der Waals surface area contributed by atoms with Crippen LogP contribution in [0.1, 0.15) is 139 Å². The Balaban J connectivity index is 3.76. The first kappa shape index (κ1) is 73.4. The molecule has 0 aromatic carbocycles. The van der Waals surface area contributed by atoms with Gasteiger partial charge in [0.05, 0.1) is 24.3 Å². The third kappa shape index (κ3) is 28.3. The number of aliphatic hydroxyl groups is 2. The van der Waals surface area contributed by atoms with E-state index in [2.05, 4.69) is 72.3 Å². The van der Waals surface area contributed by atoms with Gasteiger partial charge in [-0.25, -0.2) is 0 Å². The summed E-state index contributed by atoms with van der Waals surface area (Å²) in [5.41, 5.74) is 29.4. The van der Waals surface area contributed by atoms with Crippen LogP contribution in [-0.2, 0) is 47.9 Å². The van der Waals surface area contributed by atoms with E-state index in [0.29, 0.717) is 12.3 Å². The van der Waals surface area contributed by atoms with Crippen molar-refractivity contribution in [3.05, 3.63) is 0 Å². The number of aliphatic hydroxyl groups excluding tert-OH is 2. The van der Waals surface area contributed by atoms with Crippen LogP contribution in [0.2, 0.25) is 0 Å². The highest BCUT2D eigenvalue weighted by molar-refractivity contribution is 5.98. The fourth-order valence-corrected chi connectivity index (χ4v) is 8.80. The van der Waals surface area contributed by atoms with E-state index >= 15 is 0 Å². The summed E-state index contributed by atoms with van der Waals surface area (Å²) in [5.74, 6) is -7.55. The Morgan fingerprint density at radius 3 is 1.46 bits per heavy atom. The monoisotopic (exact) mass is 1150 g/mol. The number of hydrogen-bond donors (Lipinski definition) is 18. The van der Waals surface area contributed by atoms with E-state index < -0.39 is 126 Å². The fourth-order valence-electron chi connectivity index (χ4n) is 8.80. The van der Waals surface area contributed by atoms with Crippen LogP contribution in [0.5, 0.6) is 0 Å². The van der Waals surface area contributed by atoms with Crippen LogP contribution in [-0.4, -0.2) is 188 Å². The average Bonchev–Trinajstić information content (AvgIpc) is 3.41. The number of carbonyl (C=O) groups excluding carboxylic acids is 10. The van der Waals surface area contributed by atoms with Gasteiger partial charge < -0.3 is 97.4 Å². The summed E-state index contributed by atoms with van der Waals surface area (Å²) in [6, 6.07) is -13.0. The lowest BCUT2D eigenvalue weighted by molar-refractivity contribution is -0.136. The van der Waals surface area contributed by atoms with Gasteiger partial charge in [0, 0.05) is 19.5 Å². The van der Waals surface area contributed by atoms with Crippen molar-refractivity contribution in [2.45, 2.75) is 211 Å². The molecule has 1 aliphatic heterocycles.